The average molecular weight is 341 g/mol. The molecule has 0 amide bonds. The molecule has 0 N–H and O–H groups in total. The van der Waals surface area contributed by atoms with Crippen LogP contribution in [0.4, 0.5) is 19.0 Å². The predicted molar refractivity (Wildman–Crippen MR) is 80.4 cm³/mol. The molecule has 1 fully saturated rings. The summed E-state index contributed by atoms with van der Waals surface area (Å²) in [5.74, 6) is 0.325. The first-order chi connectivity index (χ1) is 11.4. The van der Waals surface area contributed by atoms with Crippen LogP contribution in [0.2, 0.25) is 0 Å². The molecule has 1 aliphatic heterocycles. The molecule has 130 valence electrons. The van der Waals surface area contributed by atoms with E-state index in [9.17, 15) is 13.2 Å². The summed E-state index contributed by atoms with van der Waals surface area (Å²) in [6, 6.07) is 1.01. The summed E-state index contributed by atoms with van der Waals surface area (Å²) in [6.45, 7) is 3.66. The van der Waals surface area contributed by atoms with Gasteiger partial charge < -0.3 is 4.90 Å². The Bertz CT molecular complexity index is 677. The molecule has 0 radical (unpaired) electrons. The zero-order chi connectivity index (χ0) is 17.2. The van der Waals surface area contributed by atoms with Crippen molar-refractivity contribution in [3.05, 3.63) is 30.0 Å². The van der Waals surface area contributed by atoms with Crippen LogP contribution < -0.4 is 4.90 Å². The van der Waals surface area contributed by atoms with Crippen LogP contribution in [0.3, 0.4) is 0 Å². The van der Waals surface area contributed by atoms with E-state index in [1.165, 1.54) is 0 Å². The van der Waals surface area contributed by atoms with E-state index in [4.69, 9.17) is 0 Å². The molecule has 0 aliphatic carbocycles. The fourth-order valence-corrected chi connectivity index (χ4v) is 2.66. The lowest BCUT2D eigenvalue weighted by atomic mass is 10.2. The van der Waals surface area contributed by atoms with Crippen molar-refractivity contribution in [3.8, 4) is 0 Å². The quantitative estimate of drug-likeness (QED) is 0.826. The first-order valence-electron chi connectivity index (χ1n) is 7.63. The molecule has 3 rings (SSSR count). The maximum absolute atomic E-state index is 12.7. The summed E-state index contributed by atoms with van der Waals surface area (Å²) in [4.78, 5) is 11.4. The standard InChI is InChI=1S/C14H18F3N7/c1-22-9-11(20-21-22)2-3-23-4-6-24(7-5-23)13-8-12(14(15,16)17)18-10-19-13/h8-10H,2-7H2,1H3. The van der Waals surface area contributed by atoms with Crippen molar-refractivity contribution >= 4 is 5.82 Å². The molecule has 0 aromatic carbocycles. The second-order valence-electron chi connectivity index (χ2n) is 5.72. The zero-order valence-corrected chi connectivity index (χ0v) is 13.2. The Hall–Kier alpha value is -2.23. The number of halogens is 3. The first-order valence-corrected chi connectivity index (χ1v) is 7.63. The second-order valence-corrected chi connectivity index (χ2v) is 5.72. The second kappa shape index (κ2) is 6.71. The highest BCUT2D eigenvalue weighted by Gasteiger charge is 2.33. The number of hydrogen-bond donors (Lipinski definition) is 0. The van der Waals surface area contributed by atoms with Gasteiger partial charge in [0, 0.05) is 58.5 Å². The minimum absolute atomic E-state index is 0.325. The molecule has 0 unspecified atom stereocenters. The summed E-state index contributed by atoms with van der Waals surface area (Å²) < 4.78 is 39.9. The van der Waals surface area contributed by atoms with Gasteiger partial charge in [-0.1, -0.05) is 5.21 Å². The van der Waals surface area contributed by atoms with Gasteiger partial charge in [0.05, 0.1) is 5.69 Å². The number of anilines is 1. The van der Waals surface area contributed by atoms with Crippen molar-refractivity contribution in [1.82, 2.24) is 29.9 Å². The molecule has 7 nitrogen and oxygen atoms in total. The van der Waals surface area contributed by atoms with Crippen LogP contribution in [0.15, 0.2) is 18.6 Å². The third kappa shape index (κ3) is 3.99. The van der Waals surface area contributed by atoms with Gasteiger partial charge in [0.25, 0.3) is 0 Å². The number of rotatable bonds is 4. The Morgan fingerprint density at radius 2 is 1.88 bits per heavy atom. The van der Waals surface area contributed by atoms with E-state index in [2.05, 4.69) is 25.2 Å². The van der Waals surface area contributed by atoms with E-state index in [0.717, 1.165) is 44.1 Å². The van der Waals surface area contributed by atoms with E-state index in [0.29, 0.717) is 18.9 Å². The third-order valence-electron chi connectivity index (χ3n) is 3.97. The Labute approximate surface area is 137 Å². The number of piperazine rings is 1. The average Bonchev–Trinajstić information content (AvgIpc) is 2.98. The Kier molecular flexibility index (Phi) is 4.65. The SMILES string of the molecule is Cn1cc(CCN2CCN(c3cc(C(F)(F)F)ncn3)CC2)nn1. The van der Waals surface area contributed by atoms with Crippen LogP contribution in [-0.4, -0.2) is 62.6 Å². The highest BCUT2D eigenvalue weighted by molar-refractivity contribution is 5.40. The van der Waals surface area contributed by atoms with Gasteiger partial charge in [-0.05, 0) is 0 Å². The lowest BCUT2D eigenvalue weighted by Crippen LogP contribution is -2.47. The molecule has 2 aromatic rings. The number of aryl methyl sites for hydroxylation is 1. The number of aromatic nitrogens is 5. The van der Waals surface area contributed by atoms with Crippen LogP contribution in [-0.2, 0) is 19.6 Å². The van der Waals surface area contributed by atoms with Crippen LogP contribution in [0.1, 0.15) is 11.4 Å². The molecule has 0 saturated carbocycles. The third-order valence-corrected chi connectivity index (χ3v) is 3.97. The van der Waals surface area contributed by atoms with Gasteiger partial charge in [-0.2, -0.15) is 13.2 Å². The summed E-state index contributed by atoms with van der Waals surface area (Å²) >= 11 is 0. The van der Waals surface area contributed by atoms with Crippen molar-refractivity contribution in [3.63, 3.8) is 0 Å². The van der Waals surface area contributed by atoms with E-state index < -0.39 is 11.9 Å². The summed E-state index contributed by atoms with van der Waals surface area (Å²) in [6.07, 6.45) is -0.787. The minimum Gasteiger partial charge on any atom is -0.354 e. The van der Waals surface area contributed by atoms with Gasteiger partial charge in [0.2, 0.25) is 0 Å². The zero-order valence-electron chi connectivity index (χ0n) is 13.2. The number of hydrogen-bond acceptors (Lipinski definition) is 6. The molecular weight excluding hydrogens is 323 g/mol. The fourth-order valence-electron chi connectivity index (χ4n) is 2.66. The molecule has 2 aromatic heterocycles. The summed E-state index contributed by atoms with van der Waals surface area (Å²) in [5.41, 5.74) is 0.0307. The summed E-state index contributed by atoms with van der Waals surface area (Å²) in [5, 5.41) is 7.94. The molecule has 3 heterocycles. The predicted octanol–water partition coefficient (Wildman–Crippen LogP) is 0.989. The fraction of sp³-hybridized carbons (Fsp3) is 0.571. The Morgan fingerprint density at radius 1 is 1.12 bits per heavy atom. The van der Waals surface area contributed by atoms with Gasteiger partial charge in [-0.15, -0.1) is 5.10 Å². The highest BCUT2D eigenvalue weighted by atomic mass is 19.4. The van der Waals surface area contributed by atoms with Crippen LogP contribution in [0, 0.1) is 0 Å². The van der Waals surface area contributed by atoms with Gasteiger partial charge in [-0.3, -0.25) is 9.58 Å². The number of nitrogens with zero attached hydrogens (tertiary/aromatic N) is 7. The molecule has 1 saturated heterocycles. The van der Waals surface area contributed by atoms with Gasteiger partial charge >= 0.3 is 6.18 Å². The Balaban J connectivity index is 1.53. The van der Waals surface area contributed by atoms with E-state index in [-0.39, 0.29) is 0 Å². The minimum atomic E-state index is -4.45. The van der Waals surface area contributed by atoms with Crippen molar-refractivity contribution in [2.24, 2.45) is 7.05 Å². The van der Waals surface area contributed by atoms with Crippen LogP contribution in [0.5, 0.6) is 0 Å². The van der Waals surface area contributed by atoms with Gasteiger partial charge in [0.15, 0.2) is 0 Å². The van der Waals surface area contributed by atoms with Crippen LogP contribution >= 0.6 is 0 Å². The molecule has 0 bridgehead atoms. The molecule has 1 aliphatic rings. The van der Waals surface area contributed by atoms with E-state index >= 15 is 0 Å². The highest BCUT2D eigenvalue weighted by Crippen LogP contribution is 2.29. The monoisotopic (exact) mass is 341 g/mol. The first kappa shape index (κ1) is 16.6. The molecular formula is C14H18F3N7. The maximum Gasteiger partial charge on any atom is 0.433 e. The lowest BCUT2D eigenvalue weighted by molar-refractivity contribution is -0.141. The Morgan fingerprint density at radius 3 is 2.50 bits per heavy atom. The molecule has 10 heteroatoms. The molecule has 0 atom stereocenters. The topological polar surface area (TPSA) is 63.0 Å². The van der Waals surface area contributed by atoms with Crippen molar-refractivity contribution < 1.29 is 13.2 Å². The lowest BCUT2D eigenvalue weighted by Gasteiger charge is -2.35. The smallest absolute Gasteiger partial charge is 0.354 e. The largest absolute Gasteiger partial charge is 0.433 e. The van der Waals surface area contributed by atoms with E-state index in [1.807, 2.05) is 18.1 Å². The van der Waals surface area contributed by atoms with Crippen LogP contribution in [0.25, 0.3) is 0 Å². The normalized spacial score (nSPS) is 16.6. The van der Waals surface area contributed by atoms with E-state index in [1.54, 1.807) is 4.68 Å². The van der Waals surface area contributed by atoms with Gasteiger partial charge in [-0.25, -0.2) is 9.97 Å². The van der Waals surface area contributed by atoms with Crippen molar-refractivity contribution in [1.29, 1.82) is 0 Å². The summed E-state index contributed by atoms with van der Waals surface area (Å²) in [7, 11) is 1.83. The molecule has 24 heavy (non-hydrogen) atoms. The maximum atomic E-state index is 12.7. The van der Waals surface area contributed by atoms with Crippen molar-refractivity contribution in [2.45, 2.75) is 12.6 Å². The van der Waals surface area contributed by atoms with Gasteiger partial charge in [0.1, 0.15) is 17.8 Å². The van der Waals surface area contributed by atoms with Crippen molar-refractivity contribution in [2.75, 3.05) is 37.6 Å². The molecule has 0 spiro atoms. The number of alkyl halides is 3.